The number of aryl methyl sites for hydroxylation is 2. The number of halogens is 1. The number of nitriles is 1. The van der Waals surface area contributed by atoms with Crippen molar-refractivity contribution >= 4 is 11.7 Å². The van der Waals surface area contributed by atoms with Gasteiger partial charge >= 0.3 is 5.97 Å². The molecule has 0 amide bonds. The molecule has 0 aromatic heterocycles. The van der Waals surface area contributed by atoms with Crippen molar-refractivity contribution in [2.75, 3.05) is 18.0 Å². The minimum atomic E-state index is -0.786. The zero-order valence-electron chi connectivity index (χ0n) is 13.6. The average Bonchev–Trinajstić information content (AvgIpc) is 2.58. The second-order valence-electron chi connectivity index (χ2n) is 5.19. The summed E-state index contributed by atoms with van der Waals surface area (Å²) in [7, 11) is 0. The Hall–Kier alpha value is -2.09. The average molecular weight is 306 g/mol. The van der Waals surface area contributed by atoms with E-state index in [1.165, 1.54) is 0 Å². The van der Waals surface area contributed by atoms with E-state index in [4.69, 9.17) is 0 Å². The number of piperidine rings is 1. The Kier molecular flexibility index (Phi) is 6.84. The molecule has 0 spiro atoms. The molecule has 5 heteroatoms. The maximum Gasteiger partial charge on any atom is 0.351 e. The zero-order chi connectivity index (χ0) is 16.7. The first-order valence-corrected chi connectivity index (χ1v) is 7.66. The van der Waals surface area contributed by atoms with Gasteiger partial charge in [0, 0.05) is 17.6 Å². The van der Waals surface area contributed by atoms with E-state index in [2.05, 4.69) is 15.9 Å². The highest BCUT2D eigenvalue weighted by molar-refractivity contribution is 5.73. The van der Waals surface area contributed by atoms with Crippen LogP contribution in [0.5, 0.6) is 0 Å². The fraction of sp³-hybridized carbons (Fsp3) is 0.529. The Morgan fingerprint density at radius 3 is 2.32 bits per heavy atom. The van der Waals surface area contributed by atoms with Gasteiger partial charge in [0.05, 0.1) is 17.2 Å². The summed E-state index contributed by atoms with van der Waals surface area (Å²) in [4.78, 5) is 16.6. The number of carbonyl (C=O) groups excluding carboxylic acids is 1. The van der Waals surface area contributed by atoms with Crippen LogP contribution >= 0.6 is 0 Å². The molecule has 0 atom stereocenters. The summed E-state index contributed by atoms with van der Waals surface area (Å²) in [5, 5.41) is 9.33. The highest BCUT2D eigenvalue weighted by Gasteiger charge is 2.28. The highest BCUT2D eigenvalue weighted by atomic mass is 19.3. The molecular formula is C17H23FN2O2. The van der Waals surface area contributed by atoms with E-state index >= 15 is 0 Å². The number of carbonyl (C=O) groups is 1. The lowest BCUT2D eigenvalue weighted by Crippen LogP contribution is -2.37. The van der Waals surface area contributed by atoms with Crippen molar-refractivity contribution in [2.24, 2.45) is 5.92 Å². The van der Waals surface area contributed by atoms with Crippen LogP contribution in [0.2, 0.25) is 0 Å². The largest absolute Gasteiger partial charge is 0.370 e. The topological polar surface area (TPSA) is 53.3 Å². The van der Waals surface area contributed by atoms with Crippen LogP contribution in [0, 0.1) is 31.1 Å². The smallest absolute Gasteiger partial charge is 0.351 e. The van der Waals surface area contributed by atoms with Gasteiger partial charge in [-0.25, -0.2) is 4.79 Å². The SMILES string of the molecule is CC.Cc1ccc(C)c(N2CCC(C(=O)OF)CC2)c1C#N. The van der Waals surface area contributed by atoms with Gasteiger partial charge in [0.1, 0.15) is 6.07 Å². The van der Waals surface area contributed by atoms with Crippen LogP contribution < -0.4 is 4.90 Å². The molecule has 1 heterocycles. The van der Waals surface area contributed by atoms with Gasteiger partial charge in [0.25, 0.3) is 0 Å². The third-order valence-corrected chi connectivity index (χ3v) is 3.92. The Bertz CT molecular complexity index is 559. The number of nitrogens with zero attached hydrogens (tertiary/aromatic N) is 2. The van der Waals surface area contributed by atoms with Crippen LogP contribution in [0.3, 0.4) is 0 Å². The summed E-state index contributed by atoms with van der Waals surface area (Å²) in [5.74, 6) is -1.17. The number of hydrogen-bond acceptors (Lipinski definition) is 4. The van der Waals surface area contributed by atoms with Crippen LogP contribution in [0.1, 0.15) is 43.4 Å². The number of benzene rings is 1. The molecule has 22 heavy (non-hydrogen) atoms. The minimum absolute atomic E-state index is 0.382. The van der Waals surface area contributed by atoms with E-state index in [1.807, 2.05) is 39.8 Å². The predicted molar refractivity (Wildman–Crippen MR) is 84.1 cm³/mol. The molecule has 0 unspecified atom stereocenters. The third-order valence-electron chi connectivity index (χ3n) is 3.92. The third kappa shape index (κ3) is 3.76. The van der Waals surface area contributed by atoms with E-state index in [0.29, 0.717) is 31.5 Å². The van der Waals surface area contributed by atoms with Gasteiger partial charge in [0.2, 0.25) is 0 Å². The maximum atomic E-state index is 11.9. The molecule has 1 aromatic carbocycles. The quantitative estimate of drug-likeness (QED) is 0.833. The number of rotatable bonds is 2. The van der Waals surface area contributed by atoms with Gasteiger partial charge in [-0.3, -0.25) is 4.94 Å². The molecule has 1 aliphatic heterocycles. The molecule has 0 bridgehead atoms. The Morgan fingerprint density at radius 1 is 1.27 bits per heavy atom. The predicted octanol–water partition coefficient (Wildman–Crippen LogP) is 3.85. The molecule has 1 fully saturated rings. The molecule has 120 valence electrons. The van der Waals surface area contributed by atoms with Crippen molar-refractivity contribution in [2.45, 2.75) is 40.5 Å². The summed E-state index contributed by atoms with van der Waals surface area (Å²) >= 11 is 0. The minimum Gasteiger partial charge on any atom is -0.370 e. The first kappa shape index (κ1) is 18.0. The molecule has 1 aliphatic rings. The van der Waals surface area contributed by atoms with Crippen LogP contribution in [0.25, 0.3) is 0 Å². The summed E-state index contributed by atoms with van der Waals surface area (Å²) in [6, 6.07) is 6.18. The molecular weight excluding hydrogens is 283 g/mol. The van der Waals surface area contributed by atoms with Crippen molar-refractivity contribution in [3.05, 3.63) is 28.8 Å². The van der Waals surface area contributed by atoms with Crippen molar-refractivity contribution in [3.63, 3.8) is 0 Å². The summed E-state index contributed by atoms with van der Waals surface area (Å²) in [5.41, 5.74) is 3.59. The summed E-state index contributed by atoms with van der Waals surface area (Å²) in [6.07, 6.45) is 1.09. The second kappa shape index (κ2) is 8.38. The van der Waals surface area contributed by atoms with Crippen LogP contribution in [-0.4, -0.2) is 19.1 Å². The van der Waals surface area contributed by atoms with Crippen molar-refractivity contribution in [1.29, 1.82) is 5.26 Å². The first-order valence-electron chi connectivity index (χ1n) is 7.66. The van der Waals surface area contributed by atoms with Gasteiger partial charge < -0.3 is 4.90 Å². The van der Waals surface area contributed by atoms with Gasteiger partial charge in [-0.15, -0.1) is 0 Å². The van der Waals surface area contributed by atoms with E-state index in [0.717, 1.165) is 16.8 Å². The van der Waals surface area contributed by atoms with Gasteiger partial charge in [-0.05, 0) is 37.8 Å². The van der Waals surface area contributed by atoms with Gasteiger partial charge in [0.15, 0.2) is 0 Å². The fourth-order valence-corrected chi connectivity index (χ4v) is 2.75. The molecule has 0 N–H and O–H groups in total. The first-order chi connectivity index (χ1) is 10.6. The van der Waals surface area contributed by atoms with Crippen molar-refractivity contribution < 1.29 is 14.3 Å². The molecule has 4 nitrogen and oxygen atoms in total. The standard InChI is InChI=1S/C15H17FN2O2.C2H6/c1-10-3-4-11(2)14(13(10)9-17)18-7-5-12(6-8-18)15(19)20-16;1-2/h3-4,12H,5-8H2,1-2H3;1-2H3. The lowest BCUT2D eigenvalue weighted by Gasteiger charge is -2.33. The van der Waals surface area contributed by atoms with E-state index in [9.17, 15) is 14.6 Å². The van der Waals surface area contributed by atoms with Gasteiger partial charge in [-0.2, -0.15) is 5.26 Å². The maximum absolute atomic E-state index is 11.9. The van der Waals surface area contributed by atoms with Crippen molar-refractivity contribution in [3.8, 4) is 6.07 Å². The lowest BCUT2D eigenvalue weighted by molar-refractivity contribution is -0.189. The molecule has 2 rings (SSSR count). The van der Waals surface area contributed by atoms with Crippen LogP contribution in [-0.2, 0) is 9.74 Å². The molecule has 0 radical (unpaired) electrons. The normalized spacial score (nSPS) is 14.6. The molecule has 1 saturated heterocycles. The molecule has 0 aliphatic carbocycles. The fourth-order valence-electron chi connectivity index (χ4n) is 2.75. The second-order valence-corrected chi connectivity index (χ2v) is 5.19. The van der Waals surface area contributed by atoms with Gasteiger partial charge in [-0.1, -0.05) is 26.0 Å². The van der Waals surface area contributed by atoms with E-state index in [1.54, 1.807) is 0 Å². The molecule has 1 aromatic rings. The molecule has 0 saturated carbocycles. The Balaban J connectivity index is 0.00000116. The van der Waals surface area contributed by atoms with E-state index in [-0.39, 0.29) is 5.92 Å². The Labute approximate surface area is 131 Å². The highest BCUT2D eigenvalue weighted by Crippen LogP contribution is 2.31. The van der Waals surface area contributed by atoms with Crippen LogP contribution in [0.4, 0.5) is 10.2 Å². The zero-order valence-corrected chi connectivity index (χ0v) is 13.6. The lowest BCUT2D eigenvalue weighted by atomic mass is 9.94. The van der Waals surface area contributed by atoms with E-state index < -0.39 is 5.97 Å². The van der Waals surface area contributed by atoms with Crippen LogP contribution in [0.15, 0.2) is 12.1 Å². The number of hydrogen-bond donors (Lipinski definition) is 0. The van der Waals surface area contributed by atoms with Crippen molar-refractivity contribution in [1.82, 2.24) is 0 Å². The number of anilines is 1. The monoisotopic (exact) mass is 306 g/mol. The summed E-state index contributed by atoms with van der Waals surface area (Å²) in [6.45, 7) is 9.13. The summed E-state index contributed by atoms with van der Waals surface area (Å²) < 4.78 is 11.9. The Morgan fingerprint density at radius 2 is 1.82 bits per heavy atom.